The standard InChI is InChI=1S/C33H35N5O6S2/c34-21-28-11-10-26-20-31(33(39)44-15-12-37-13-16-45(40,41)17-14-37)38(32(26)35-28)22-27-19-29(18-25-8-4-5-9-30(25)27)36-46(42,43)23-24-6-2-1-3-7-24/h1-11,18-20,36H,12-17,21-23,34H2. The Morgan fingerprint density at radius 2 is 1.67 bits per heavy atom. The van der Waals surface area contributed by atoms with Gasteiger partial charge in [-0.2, -0.15) is 0 Å². The number of nitrogens with one attached hydrogen (secondary N) is 1. The number of nitrogens with zero attached hydrogens (tertiary/aromatic N) is 3. The third kappa shape index (κ3) is 7.39. The number of rotatable bonds is 11. The molecule has 13 heteroatoms. The van der Waals surface area contributed by atoms with Crippen LogP contribution in [0.1, 0.15) is 27.3 Å². The van der Waals surface area contributed by atoms with Gasteiger partial charge in [0.2, 0.25) is 10.0 Å². The Labute approximate surface area is 268 Å². The summed E-state index contributed by atoms with van der Waals surface area (Å²) in [7, 11) is -6.73. The molecule has 0 atom stereocenters. The lowest BCUT2D eigenvalue weighted by Crippen LogP contribution is -2.41. The fourth-order valence-electron chi connectivity index (χ4n) is 5.68. The number of anilines is 1. The Morgan fingerprint density at radius 1 is 0.935 bits per heavy atom. The highest BCUT2D eigenvalue weighted by Crippen LogP contribution is 2.29. The summed E-state index contributed by atoms with van der Waals surface area (Å²) in [5.41, 5.74) is 9.25. The highest BCUT2D eigenvalue weighted by Gasteiger charge is 2.23. The predicted octanol–water partition coefficient (Wildman–Crippen LogP) is 3.53. The van der Waals surface area contributed by atoms with Gasteiger partial charge in [-0.15, -0.1) is 0 Å². The molecule has 240 valence electrons. The van der Waals surface area contributed by atoms with E-state index in [0.29, 0.717) is 42.2 Å². The number of pyridine rings is 1. The third-order valence-corrected chi connectivity index (χ3v) is 10.9. The number of carbonyl (C=O) groups is 1. The van der Waals surface area contributed by atoms with E-state index in [0.717, 1.165) is 21.7 Å². The van der Waals surface area contributed by atoms with Crippen molar-refractivity contribution in [1.29, 1.82) is 0 Å². The lowest BCUT2D eigenvalue weighted by Gasteiger charge is -2.26. The van der Waals surface area contributed by atoms with Crippen LogP contribution < -0.4 is 10.5 Å². The van der Waals surface area contributed by atoms with Crippen molar-refractivity contribution in [2.45, 2.75) is 18.8 Å². The van der Waals surface area contributed by atoms with Crippen molar-refractivity contribution in [1.82, 2.24) is 14.5 Å². The molecular weight excluding hydrogens is 627 g/mol. The molecule has 46 heavy (non-hydrogen) atoms. The van der Waals surface area contributed by atoms with Crippen LogP contribution in [0.4, 0.5) is 5.69 Å². The minimum Gasteiger partial charge on any atom is -0.460 e. The smallest absolute Gasteiger partial charge is 0.355 e. The Morgan fingerprint density at radius 3 is 2.43 bits per heavy atom. The fraction of sp³-hybridized carbons (Fsp3) is 0.273. The summed E-state index contributed by atoms with van der Waals surface area (Å²) in [6, 6.07) is 25.6. The molecule has 0 saturated carbocycles. The van der Waals surface area contributed by atoms with Gasteiger partial charge in [-0.3, -0.25) is 9.62 Å². The van der Waals surface area contributed by atoms with E-state index in [4.69, 9.17) is 15.5 Å². The molecular formula is C33H35N5O6S2. The first-order valence-electron chi connectivity index (χ1n) is 14.9. The van der Waals surface area contributed by atoms with Gasteiger partial charge in [-0.1, -0.05) is 54.6 Å². The zero-order valence-electron chi connectivity index (χ0n) is 25.1. The maximum absolute atomic E-state index is 13.5. The number of nitrogens with two attached hydrogens (primary N) is 1. The molecule has 3 aromatic carbocycles. The highest BCUT2D eigenvalue weighted by molar-refractivity contribution is 7.92. The second-order valence-electron chi connectivity index (χ2n) is 11.4. The first-order chi connectivity index (χ1) is 22.1. The van der Waals surface area contributed by atoms with E-state index in [1.807, 2.05) is 47.4 Å². The number of esters is 1. The highest BCUT2D eigenvalue weighted by atomic mass is 32.2. The van der Waals surface area contributed by atoms with Crippen molar-refractivity contribution in [3.05, 3.63) is 107 Å². The van der Waals surface area contributed by atoms with E-state index in [-0.39, 0.29) is 42.6 Å². The second-order valence-corrected chi connectivity index (χ2v) is 15.4. The number of carbonyl (C=O) groups excluding carboxylic acids is 1. The van der Waals surface area contributed by atoms with Crippen LogP contribution in [-0.2, 0) is 43.4 Å². The zero-order chi connectivity index (χ0) is 32.3. The topological polar surface area (TPSA) is 154 Å². The van der Waals surface area contributed by atoms with Gasteiger partial charge in [-0.05, 0) is 52.2 Å². The van der Waals surface area contributed by atoms with Crippen molar-refractivity contribution in [3.8, 4) is 0 Å². The van der Waals surface area contributed by atoms with Gasteiger partial charge in [0.1, 0.15) is 17.9 Å². The normalized spacial score (nSPS) is 15.2. The number of benzene rings is 3. The lowest BCUT2D eigenvalue weighted by atomic mass is 10.0. The maximum Gasteiger partial charge on any atom is 0.355 e. The van der Waals surface area contributed by atoms with E-state index < -0.39 is 25.8 Å². The molecule has 11 nitrogen and oxygen atoms in total. The summed E-state index contributed by atoms with van der Waals surface area (Å²) in [4.78, 5) is 20.2. The molecule has 1 saturated heterocycles. The summed E-state index contributed by atoms with van der Waals surface area (Å²) >= 11 is 0. The molecule has 2 aromatic heterocycles. The lowest BCUT2D eigenvalue weighted by molar-refractivity contribution is 0.0454. The molecule has 0 bridgehead atoms. The third-order valence-electron chi connectivity index (χ3n) is 8.05. The number of sulfonamides is 1. The van der Waals surface area contributed by atoms with Crippen LogP contribution in [0.3, 0.4) is 0 Å². The first-order valence-corrected chi connectivity index (χ1v) is 18.4. The number of sulfone groups is 1. The van der Waals surface area contributed by atoms with E-state index >= 15 is 0 Å². The van der Waals surface area contributed by atoms with Crippen LogP contribution >= 0.6 is 0 Å². The van der Waals surface area contributed by atoms with Gasteiger partial charge in [0.05, 0.1) is 29.5 Å². The van der Waals surface area contributed by atoms with Gasteiger partial charge in [0, 0.05) is 37.3 Å². The number of fused-ring (bicyclic) bond motifs is 2. The largest absolute Gasteiger partial charge is 0.460 e. The van der Waals surface area contributed by atoms with Crippen LogP contribution in [0.2, 0.25) is 0 Å². The van der Waals surface area contributed by atoms with Crippen LogP contribution in [-0.4, -0.2) is 75.0 Å². The van der Waals surface area contributed by atoms with Crippen LogP contribution in [0.5, 0.6) is 0 Å². The van der Waals surface area contributed by atoms with Crippen molar-refractivity contribution in [2.75, 3.05) is 42.5 Å². The summed E-state index contributed by atoms with van der Waals surface area (Å²) in [6.07, 6.45) is 0. The van der Waals surface area contributed by atoms with Crippen LogP contribution in [0.25, 0.3) is 21.8 Å². The monoisotopic (exact) mass is 661 g/mol. The van der Waals surface area contributed by atoms with Crippen molar-refractivity contribution >= 4 is 53.3 Å². The van der Waals surface area contributed by atoms with E-state index in [1.165, 1.54) is 0 Å². The van der Waals surface area contributed by atoms with Gasteiger partial charge in [0.25, 0.3) is 0 Å². The zero-order valence-corrected chi connectivity index (χ0v) is 26.8. The molecule has 0 aliphatic carbocycles. The minimum atomic E-state index is -3.72. The van der Waals surface area contributed by atoms with E-state index in [2.05, 4.69) is 4.72 Å². The summed E-state index contributed by atoms with van der Waals surface area (Å²) < 4.78 is 60.0. The average molecular weight is 662 g/mol. The molecule has 1 aliphatic rings. The Hall–Kier alpha value is -4.30. The molecule has 0 spiro atoms. The molecule has 0 unspecified atom stereocenters. The minimum absolute atomic E-state index is 0.0970. The van der Waals surface area contributed by atoms with Gasteiger partial charge < -0.3 is 15.0 Å². The second kappa shape index (κ2) is 13.2. The van der Waals surface area contributed by atoms with Crippen LogP contribution in [0.15, 0.2) is 84.9 Å². The molecule has 5 aromatic rings. The Balaban J connectivity index is 1.31. The van der Waals surface area contributed by atoms with E-state index in [1.54, 1.807) is 47.0 Å². The maximum atomic E-state index is 13.5. The van der Waals surface area contributed by atoms with Crippen molar-refractivity contribution < 1.29 is 26.4 Å². The van der Waals surface area contributed by atoms with Crippen molar-refractivity contribution in [2.24, 2.45) is 5.73 Å². The van der Waals surface area contributed by atoms with Gasteiger partial charge in [-0.25, -0.2) is 26.6 Å². The quantitative estimate of drug-likeness (QED) is 0.203. The van der Waals surface area contributed by atoms with E-state index in [9.17, 15) is 21.6 Å². The molecule has 0 amide bonds. The molecule has 1 aliphatic heterocycles. The van der Waals surface area contributed by atoms with Gasteiger partial charge >= 0.3 is 5.97 Å². The SMILES string of the molecule is NCc1ccc2cc(C(=O)OCCN3CCS(=O)(=O)CC3)n(Cc3cc(NS(=O)(=O)Cc4ccccc4)cc4ccccc34)c2n1. The first kappa shape index (κ1) is 31.7. The molecule has 3 N–H and O–H groups in total. The average Bonchev–Trinajstić information content (AvgIpc) is 3.39. The predicted molar refractivity (Wildman–Crippen MR) is 179 cm³/mol. The summed E-state index contributed by atoms with van der Waals surface area (Å²) in [5.74, 6) is -0.520. The Bertz CT molecular complexity index is 2100. The molecule has 6 rings (SSSR count). The number of hydrogen-bond donors (Lipinski definition) is 2. The summed E-state index contributed by atoms with van der Waals surface area (Å²) in [6.45, 7) is 1.76. The molecule has 3 heterocycles. The Kier molecular flexibility index (Phi) is 9.09. The number of ether oxygens (including phenoxy) is 1. The molecule has 0 radical (unpaired) electrons. The summed E-state index contributed by atoms with van der Waals surface area (Å²) in [5, 5.41) is 2.45. The van der Waals surface area contributed by atoms with Crippen LogP contribution in [0, 0.1) is 0 Å². The molecule has 1 fully saturated rings. The fourth-order valence-corrected chi connectivity index (χ4v) is 8.14. The van der Waals surface area contributed by atoms with Crippen molar-refractivity contribution in [3.63, 3.8) is 0 Å². The van der Waals surface area contributed by atoms with Gasteiger partial charge in [0.15, 0.2) is 9.84 Å². The number of aromatic nitrogens is 2. The number of hydrogen-bond acceptors (Lipinski definition) is 9.